The first kappa shape index (κ1) is 27.3. The number of hydrogen-bond donors (Lipinski definition) is 1. The Morgan fingerprint density at radius 1 is 0.667 bits per heavy atom. The molecule has 0 saturated carbocycles. The van der Waals surface area contributed by atoms with Gasteiger partial charge >= 0.3 is 12.4 Å². The molecule has 0 aliphatic heterocycles. The van der Waals surface area contributed by atoms with Gasteiger partial charge in [-0.3, -0.25) is 4.79 Å². The molecule has 2 nitrogen and oxygen atoms in total. The summed E-state index contributed by atoms with van der Waals surface area (Å²) in [6, 6.07) is 17.4. The molecule has 0 saturated heterocycles. The lowest BCUT2D eigenvalue weighted by Crippen LogP contribution is -2.49. The second-order valence-electron chi connectivity index (χ2n) is 10.0. The van der Waals surface area contributed by atoms with Crippen molar-refractivity contribution in [3.63, 3.8) is 0 Å². The Morgan fingerprint density at radius 2 is 1.11 bits per heavy atom. The maximum atomic E-state index is 13.7. The molecule has 0 aromatic heterocycles. The van der Waals surface area contributed by atoms with Crippen molar-refractivity contribution in [2.45, 2.75) is 51.5 Å². The minimum absolute atomic E-state index is 0.0153. The summed E-state index contributed by atoms with van der Waals surface area (Å²) in [6.45, 7) is 5.46. The van der Waals surface area contributed by atoms with E-state index in [9.17, 15) is 31.1 Å². The van der Waals surface area contributed by atoms with Crippen LogP contribution < -0.4 is 5.32 Å². The molecule has 192 valence electrons. The van der Waals surface area contributed by atoms with Gasteiger partial charge in [-0.25, -0.2) is 0 Å². The highest BCUT2D eigenvalue weighted by molar-refractivity contribution is 5.78. The molecule has 0 bridgehead atoms. The first-order valence-corrected chi connectivity index (χ1v) is 11.3. The van der Waals surface area contributed by atoms with Crippen LogP contribution in [0.3, 0.4) is 0 Å². The molecule has 0 aliphatic rings. The Kier molecular flexibility index (Phi) is 7.58. The zero-order valence-electron chi connectivity index (χ0n) is 20.1. The van der Waals surface area contributed by atoms with Crippen LogP contribution in [-0.4, -0.2) is 5.91 Å². The lowest BCUT2D eigenvalue weighted by atomic mass is 9.76. The molecule has 3 aromatic carbocycles. The minimum Gasteiger partial charge on any atom is -0.342 e. The van der Waals surface area contributed by atoms with Gasteiger partial charge in [-0.1, -0.05) is 75.4 Å². The topological polar surface area (TPSA) is 29.1 Å². The number of amides is 1. The first-order valence-electron chi connectivity index (χ1n) is 11.3. The van der Waals surface area contributed by atoms with Crippen molar-refractivity contribution in [1.29, 1.82) is 0 Å². The highest BCUT2D eigenvalue weighted by Crippen LogP contribution is 2.40. The number of carbonyl (C=O) groups is 1. The standard InChI is InChI=1S/C28H27F6NO/c1-25(2,3)18-24(36)35-26(17-19-9-5-4-6-10-19,20-11-7-13-22(15-20)27(29,30)31)21-12-8-14-23(16-21)28(32,33)34/h4-16H,17-18H2,1-3H3,(H,35,36). The van der Waals surface area contributed by atoms with E-state index in [4.69, 9.17) is 0 Å². The van der Waals surface area contributed by atoms with E-state index in [0.29, 0.717) is 5.56 Å². The van der Waals surface area contributed by atoms with Gasteiger partial charge in [0, 0.05) is 12.8 Å². The first-order chi connectivity index (χ1) is 16.6. The second kappa shape index (κ2) is 9.99. The van der Waals surface area contributed by atoms with Gasteiger partial charge in [-0.2, -0.15) is 26.3 Å². The van der Waals surface area contributed by atoms with Crippen molar-refractivity contribution in [2.75, 3.05) is 0 Å². The molecule has 0 spiro atoms. The van der Waals surface area contributed by atoms with Crippen molar-refractivity contribution in [2.24, 2.45) is 5.41 Å². The molecule has 0 heterocycles. The number of rotatable bonds is 6. The quantitative estimate of drug-likeness (QED) is 0.340. The van der Waals surface area contributed by atoms with E-state index in [-0.39, 0.29) is 24.0 Å². The lowest BCUT2D eigenvalue weighted by molar-refractivity contribution is -0.138. The van der Waals surface area contributed by atoms with Gasteiger partial charge < -0.3 is 5.32 Å². The van der Waals surface area contributed by atoms with E-state index in [1.165, 1.54) is 24.3 Å². The number of halogens is 6. The average molecular weight is 508 g/mol. The third kappa shape index (κ3) is 6.68. The summed E-state index contributed by atoms with van der Waals surface area (Å²) in [4.78, 5) is 13.2. The fourth-order valence-electron chi connectivity index (χ4n) is 4.15. The summed E-state index contributed by atoms with van der Waals surface area (Å²) in [5, 5.41) is 2.85. The molecule has 8 heteroatoms. The predicted molar refractivity (Wildman–Crippen MR) is 126 cm³/mol. The lowest BCUT2D eigenvalue weighted by Gasteiger charge is -2.38. The van der Waals surface area contributed by atoms with Gasteiger partial charge in [-0.05, 0) is 46.4 Å². The zero-order valence-corrected chi connectivity index (χ0v) is 20.1. The fourth-order valence-corrected chi connectivity index (χ4v) is 4.15. The predicted octanol–water partition coefficient (Wildman–Crippen LogP) is 7.76. The summed E-state index contributed by atoms with van der Waals surface area (Å²) in [6.07, 6.45) is -9.41. The van der Waals surface area contributed by atoms with Crippen LogP contribution in [0.2, 0.25) is 0 Å². The van der Waals surface area contributed by atoms with Crippen LogP contribution in [-0.2, 0) is 29.1 Å². The smallest absolute Gasteiger partial charge is 0.342 e. The van der Waals surface area contributed by atoms with E-state index < -0.39 is 40.3 Å². The van der Waals surface area contributed by atoms with Crippen LogP contribution in [0.4, 0.5) is 26.3 Å². The SMILES string of the molecule is CC(C)(C)CC(=O)NC(Cc1ccccc1)(c1cccc(C(F)(F)F)c1)c1cccc(C(F)(F)F)c1. The molecule has 0 fully saturated rings. The van der Waals surface area contributed by atoms with Crippen LogP contribution in [0, 0.1) is 5.41 Å². The maximum absolute atomic E-state index is 13.7. The molecule has 0 atom stereocenters. The summed E-state index contributed by atoms with van der Waals surface area (Å²) in [5.74, 6) is -0.492. The molecule has 0 radical (unpaired) electrons. The summed E-state index contributed by atoms with van der Waals surface area (Å²) in [5.41, 5.74) is -3.41. The maximum Gasteiger partial charge on any atom is 0.416 e. The number of nitrogens with one attached hydrogen (secondary N) is 1. The molecule has 3 aromatic rings. The summed E-state index contributed by atoms with van der Waals surface area (Å²) < 4.78 is 81.9. The average Bonchev–Trinajstić information content (AvgIpc) is 2.77. The highest BCUT2D eigenvalue weighted by Gasteiger charge is 2.41. The van der Waals surface area contributed by atoms with Crippen molar-refractivity contribution in [1.82, 2.24) is 5.32 Å². The summed E-state index contributed by atoms with van der Waals surface area (Å²) in [7, 11) is 0. The molecule has 36 heavy (non-hydrogen) atoms. The molecular formula is C28H27F6NO. The Bertz CT molecular complexity index is 1140. The van der Waals surface area contributed by atoms with Gasteiger partial charge in [0.1, 0.15) is 0 Å². The number of benzene rings is 3. The van der Waals surface area contributed by atoms with Gasteiger partial charge in [0.15, 0.2) is 0 Å². The van der Waals surface area contributed by atoms with E-state index in [1.54, 1.807) is 30.3 Å². The van der Waals surface area contributed by atoms with Crippen molar-refractivity contribution in [3.05, 3.63) is 107 Å². The minimum atomic E-state index is -4.68. The molecule has 0 unspecified atom stereocenters. The van der Waals surface area contributed by atoms with Crippen LogP contribution in [0.25, 0.3) is 0 Å². The Labute approximate surface area is 206 Å². The van der Waals surface area contributed by atoms with Gasteiger partial charge in [0.2, 0.25) is 5.91 Å². The van der Waals surface area contributed by atoms with Crippen LogP contribution >= 0.6 is 0 Å². The number of carbonyl (C=O) groups excluding carboxylic acids is 1. The normalized spacial score (nSPS) is 12.9. The van der Waals surface area contributed by atoms with Crippen LogP contribution in [0.1, 0.15) is 55.0 Å². The van der Waals surface area contributed by atoms with Gasteiger partial charge in [-0.15, -0.1) is 0 Å². The Morgan fingerprint density at radius 3 is 1.53 bits per heavy atom. The molecular weight excluding hydrogens is 480 g/mol. The van der Waals surface area contributed by atoms with Crippen molar-refractivity contribution < 1.29 is 31.1 Å². The Balaban J connectivity index is 2.32. The van der Waals surface area contributed by atoms with E-state index in [2.05, 4.69) is 5.32 Å². The largest absolute Gasteiger partial charge is 0.416 e. The van der Waals surface area contributed by atoms with Crippen molar-refractivity contribution >= 4 is 5.91 Å². The van der Waals surface area contributed by atoms with E-state index in [0.717, 1.165) is 24.3 Å². The molecule has 3 rings (SSSR count). The van der Waals surface area contributed by atoms with Crippen LogP contribution in [0.5, 0.6) is 0 Å². The molecule has 0 aliphatic carbocycles. The number of alkyl halides is 6. The second-order valence-corrected chi connectivity index (χ2v) is 10.0. The Hall–Kier alpha value is -3.29. The third-order valence-electron chi connectivity index (χ3n) is 5.72. The summed E-state index contributed by atoms with van der Waals surface area (Å²) >= 11 is 0. The monoisotopic (exact) mass is 507 g/mol. The van der Waals surface area contributed by atoms with E-state index >= 15 is 0 Å². The zero-order chi connectivity index (χ0) is 26.8. The van der Waals surface area contributed by atoms with Crippen molar-refractivity contribution in [3.8, 4) is 0 Å². The fraction of sp³-hybridized carbons (Fsp3) is 0.321. The van der Waals surface area contributed by atoms with Gasteiger partial charge in [0.25, 0.3) is 0 Å². The highest BCUT2D eigenvalue weighted by atomic mass is 19.4. The van der Waals surface area contributed by atoms with Gasteiger partial charge in [0.05, 0.1) is 16.7 Å². The number of hydrogen-bond acceptors (Lipinski definition) is 1. The van der Waals surface area contributed by atoms with E-state index in [1.807, 2.05) is 20.8 Å². The third-order valence-corrected chi connectivity index (χ3v) is 5.72. The molecule has 1 N–H and O–H groups in total. The van der Waals surface area contributed by atoms with Crippen LogP contribution in [0.15, 0.2) is 78.9 Å². The molecule has 1 amide bonds.